The number of aromatic carboxylic acids is 1. The van der Waals surface area contributed by atoms with Crippen molar-refractivity contribution < 1.29 is 18.7 Å². The SMILES string of the molecule is [N-]=[N+]=Nc1c(C(=O)O)cc(F)c(F)c1Br. The standard InChI is InChI=1S/C7H2BrF2N3O2/c8-4-5(10)3(9)1-2(7(14)15)6(4)12-13-11/h1H,(H,14,15). The molecule has 0 amide bonds. The summed E-state index contributed by atoms with van der Waals surface area (Å²) in [6.07, 6.45) is 0. The lowest BCUT2D eigenvalue weighted by Crippen LogP contribution is -2.00. The van der Waals surface area contributed by atoms with E-state index in [1.807, 2.05) is 0 Å². The number of carboxylic acids is 1. The molecule has 0 aliphatic carbocycles. The predicted octanol–water partition coefficient (Wildman–Crippen LogP) is 3.37. The molecule has 0 spiro atoms. The van der Waals surface area contributed by atoms with E-state index < -0.39 is 33.3 Å². The molecular weight excluding hydrogens is 276 g/mol. The summed E-state index contributed by atoms with van der Waals surface area (Å²) >= 11 is 2.61. The van der Waals surface area contributed by atoms with Crippen molar-refractivity contribution >= 4 is 27.6 Å². The first-order chi connectivity index (χ1) is 6.99. The van der Waals surface area contributed by atoms with Gasteiger partial charge in [-0.1, -0.05) is 5.11 Å². The van der Waals surface area contributed by atoms with Gasteiger partial charge in [0.2, 0.25) is 0 Å². The fraction of sp³-hybridized carbons (Fsp3) is 0. The van der Waals surface area contributed by atoms with Gasteiger partial charge in [0, 0.05) is 4.91 Å². The summed E-state index contributed by atoms with van der Waals surface area (Å²) in [7, 11) is 0. The molecule has 0 fully saturated rings. The lowest BCUT2D eigenvalue weighted by atomic mass is 10.1. The van der Waals surface area contributed by atoms with Gasteiger partial charge < -0.3 is 5.11 Å². The van der Waals surface area contributed by atoms with Gasteiger partial charge in [0.05, 0.1) is 15.7 Å². The summed E-state index contributed by atoms with van der Waals surface area (Å²) in [5.74, 6) is -4.16. The Morgan fingerprint density at radius 2 is 2.20 bits per heavy atom. The Balaban J connectivity index is 3.64. The highest BCUT2D eigenvalue weighted by Crippen LogP contribution is 2.33. The van der Waals surface area contributed by atoms with E-state index >= 15 is 0 Å². The van der Waals surface area contributed by atoms with Crippen molar-refractivity contribution in [2.75, 3.05) is 0 Å². The molecule has 0 aliphatic rings. The lowest BCUT2D eigenvalue weighted by molar-refractivity contribution is 0.0697. The molecule has 0 bridgehead atoms. The zero-order chi connectivity index (χ0) is 11.6. The van der Waals surface area contributed by atoms with Crippen molar-refractivity contribution in [3.05, 3.63) is 38.2 Å². The molecule has 78 valence electrons. The fourth-order valence-corrected chi connectivity index (χ4v) is 1.37. The second-order valence-electron chi connectivity index (χ2n) is 2.38. The second-order valence-corrected chi connectivity index (χ2v) is 3.17. The highest BCUT2D eigenvalue weighted by atomic mass is 79.9. The Morgan fingerprint density at radius 3 is 2.67 bits per heavy atom. The van der Waals surface area contributed by atoms with E-state index in [1.54, 1.807) is 0 Å². The Morgan fingerprint density at radius 1 is 1.60 bits per heavy atom. The van der Waals surface area contributed by atoms with Crippen LogP contribution in [0.5, 0.6) is 0 Å². The van der Waals surface area contributed by atoms with Crippen LogP contribution >= 0.6 is 15.9 Å². The van der Waals surface area contributed by atoms with Gasteiger partial charge in [-0.05, 0) is 27.5 Å². The number of rotatable bonds is 2. The summed E-state index contributed by atoms with van der Waals surface area (Å²) in [4.78, 5) is 12.9. The third kappa shape index (κ3) is 2.05. The molecule has 15 heavy (non-hydrogen) atoms. The van der Waals surface area contributed by atoms with Crippen molar-refractivity contribution in [1.29, 1.82) is 0 Å². The maximum atomic E-state index is 13.0. The molecule has 0 unspecified atom stereocenters. The highest BCUT2D eigenvalue weighted by molar-refractivity contribution is 9.10. The molecule has 1 aromatic carbocycles. The van der Waals surface area contributed by atoms with Crippen LogP contribution in [0.25, 0.3) is 10.4 Å². The van der Waals surface area contributed by atoms with Crippen LogP contribution in [0.2, 0.25) is 0 Å². The molecule has 8 heteroatoms. The van der Waals surface area contributed by atoms with Gasteiger partial charge in [-0.25, -0.2) is 13.6 Å². The third-order valence-electron chi connectivity index (χ3n) is 1.51. The Kier molecular flexibility index (Phi) is 3.23. The normalized spacial score (nSPS) is 9.53. The van der Waals surface area contributed by atoms with Gasteiger partial charge >= 0.3 is 5.97 Å². The lowest BCUT2D eigenvalue weighted by Gasteiger charge is -2.04. The van der Waals surface area contributed by atoms with Crippen LogP contribution in [0.15, 0.2) is 15.7 Å². The van der Waals surface area contributed by atoms with Gasteiger partial charge in [-0.3, -0.25) is 0 Å². The minimum atomic E-state index is -1.52. The van der Waals surface area contributed by atoms with Crippen molar-refractivity contribution in [1.82, 2.24) is 0 Å². The molecule has 0 aromatic heterocycles. The Hall–Kier alpha value is -1.66. The zero-order valence-electron chi connectivity index (χ0n) is 6.91. The molecular formula is C7H2BrF2N3O2. The van der Waals surface area contributed by atoms with Crippen molar-refractivity contribution in [3.8, 4) is 0 Å². The van der Waals surface area contributed by atoms with E-state index in [4.69, 9.17) is 10.6 Å². The van der Waals surface area contributed by atoms with Gasteiger partial charge in [-0.15, -0.1) is 0 Å². The van der Waals surface area contributed by atoms with Gasteiger partial charge in [0.1, 0.15) is 0 Å². The molecule has 0 atom stereocenters. The first-order valence-corrected chi connectivity index (χ1v) is 4.24. The number of hydrogen-bond acceptors (Lipinski definition) is 2. The number of halogens is 3. The molecule has 0 saturated carbocycles. The Bertz CT molecular complexity index is 486. The van der Waals surface area contributed by atoms with Crippen LogP contribution in [0.3, 0.4) is 0 Å². The van der Waals surface area contributed by atoms with Crippen LogP contribution in [-0.4, -0.2) is 11.1 Å². The summed E-state index contributed by atoms with van der Waals surface area (Å²) < 4.78 is 25.3. The quantitative estimate of drug-likeness (QED) is 0.389. The summed E-state index contributed by atoms with van der Waals surface area (Å²) in [6, 6.07) is 0.451. The number of carboxylic acid groups (broad SMARTS) is 1. The second kappa shape index (κ2) is 4.24. The van der Waals surface area contributed by atoms with E-state index in [-0.39, 0.29) is 0 Å². The van der Waals surface area contributed by atoms with Crippen molar-refractivity contribution in [2.24, 2.45) is 5.11 Å². The van der Waals surface area contributed by atoms with Crippen molar-refractivity contribution in [2.45, 2.75) is 0 Å². The molecule has 1 N–H and O–H groups in total. The summed E-state index contributed by atoms with van der Waals surface area (Å²) in [5, 5.41) is 11.6. The molecule has 0 aliphatic heterocycles. The van der Waals surface area contributed by atoms with Crippen LogP contribution < -0.4 is 0 Å². The van der Waals surface area contributed by atoms with E-state index in [2.05, 4.69) is 26.0 Å². The number of hydrogen-bond donors (Lipinski definition) is 1. The maximum Gasteiger partial charge on any atom is 0.336 e. The molecule has 1 aromatic rings. The van der Waals surface area contributed by atoms with Gasteiger partial charge in [0.15, 0.2) is 11.6 Å². The molecule has 5 nitrogen and oxygen atoms in total. The highest BCUT2D eigenvalue weighted by Gasteiger charge is 2.19. The minimum Gasteiger partial charge on any atom is -0.478 e. The smallest absolute Gasteiger partial charge is 0.336 e. The summed E-state index contributed by atoms with van der Waals surface area (Å²) in [6.45, 7) is 0. The number of nitrogens with zero attached hydrogens (tertiary/aromatic N) is 3. The number of benzene rings is 1. The average molecular weight is 278 g/mol. The molecule has 0 saturated heterocycles. The summed E-state index contributed by atoms with van der Waals surface area (Å²) in [5.41, 5.74) is 7.03. The monoisotopic (exact) mass is 277 g/mol. The third-order valence-corrected chi connectivity index (χ3v) is 2.24. The van der Waals surface area contributed by atoms with Crippen LogP contribution in [0, 0.1) is 11.6 Å². The maximum absolute atomic E-state index is 13.0. The average Bonchev–Trinajstić information content (AvgIpc) is 2.18. The van der Waals surface area contributed by atoms with E-state index in [1.165, 1.54) is 0 Å². The van der Waals surface area contributed by atoms with E-state index in [9.17, 15) is 13.6 Å². The fourth-order valence-electron chi connectivity index (χ4n) is 0.891. The Labute approximate surface area is 90.1 Å². The molecule has 1 rings (SSSR count). The van der Waals surface area contributed by atoms with E-state index in [0.717, 1.165) is 0 Å². The van der Waals surface area contributed by atoms with Crippen molar-refractivity contribution in [3.63, 3.8) is 0 Å². The van der Waals surface area contributed by atoms with Crippen LogP contribution in [0.1, 0.15) is 10.4 Å². The predicted molar refractivity (Wildman–Crippen MR) is 49.8 cm³/mol. The van der Waals surface area contributed by atoms with Gasteiger partial charge in [0.25, 0.3) is 0 Å². The largest absolute Gasteiger partial charge is 0.478 e. The topological polar surface area (TPSA) is 86.1 Å². The number of carbonyl (C=O) groups is 1. The first kappa shape index (κ1) is 11.4. The van der Waals surface area contributed by atoms with Crippen LogP contribution in [0.4, 0.5) is 14.5 Å². The number of azide groups is 1. The van der Waals surface area contributed by atoms with E-state index in [0.29, 0.717) is 6.07 Å². The van der Waals surface area contributed by atoms with Crippen LogP contribution in [-0.2, 0) is 0 Å². The molecule has 0 heterocycles. The molecule has 0 radical (unpaired) electrons. The zero-order valence-corrected chi connectivity index (χ0v) is 8.49. The van der Waals surface area contributed by atoms with Gasteiger partial charge in [-0.2, -0.15) is 0 Å². The first-order valence-electron chi connectivity index (χ1n) is 3.45. The minimum absolute atomic E-state index is 0.451.